The van der Waals surface area contributed by atoms with Crippen molar-refractivity contribution in [2.45, 2.75) is 62.8 Å². The fourth-order valence-corrected chi connectivity index (χ4v) is 5.86. The molecule has 4 amide bonds. The van der Waals surface area contributed by atoms with Crippen LogP contribution in [0.5, 0.6) is 0 Å². The Bertz CT molecular complexity index is 950. The van der Waals surface area contributed by atoms with E-state index in [2.05, 4.69) is 10.6 Å². The number of rotatable bonds is 9. The molecule has 0 unspecified atom stereocenters. The first-order valence-corrected chi connectivity index (χ1v) is 12.2. The van der Waals surface area contributed by atoms with Gasteiger partial charge in [-0.1, -0.05) is 32.8 Å². The number of urea groups is 1. The number of anilines is 1. The zero-order chi connectivity index (χ0) is 22.6. The van der Waals surface area contributed by atoms with Gasteiger partial charge in [0, 0.05) is 18.8 Å². The summed E-state index contributed by atoms with van der Waals surface area (Å²) in [4.78, 5) is 38.9. The van der Waals surface area contributed by atoms with Gasteiger partial charge in [-0.25, -0.2) is 13.2 Å². The van der Waals surface area contributed by atoms with E-state index in [0.717, 1.165) is 30.6 Å². The second-order valence-corrected chi connectivity index (χ2v) is 10.0. The lowest BCUT2D eigenvalue weighted by molar-refractivity contribution is -0.134. The van der Waals surface area contributed by atoms with Crippen LogP contribution in [0.4, 0.5) is 10.5 Å². The van der Waals surface area contributed by atoms with Crippen LogP contribution in [0.25, 0.3) is 0 Å². The van der Waals surface area contributed by atoms with E-state index in [1.165, 1.54) is 16.4 Å². The maximum absolute atomic E-state index is 12.9. The van der Waals surface area contributed by atoms with Crippen molar-refractivity contribution in [3.8, 4) is 0 Å². The van der Waals surface area contributed by atoms with Gasteiger partial charge in [-0.2, -0.15) is 4.31 Å². The van der Waals surface area contributed by atoms with Crippen LogP contribution >= 0.6 is 0 Å². The highest BCUT2D eigenvalue weighted by Crippen LogP contribution is 2.28. The minimum absolute atomic E-state index is 0.104. The highest BCUT2D eigenvalue weighted by molar-refractivity contribution is 7.89. The Morgan fingerprint density at radius 2 is 1.77 bits per heavy atom. The van der Waals surface area contributed by atoms with Crippen molar-refractivity contribution in [3.05, 3.63) is 24.3 Å². The molecular weight excluding hydrogens is 420 g/mol. The van der Waals surface area contributed by atoms with Gasteiger partial charge in [-0.15, -0.1) is 0 Å². The van der Waals surface area contributed by atoms with Crippen LogP contribution in [0.1, 0.15) is 52.4 Å². The lowest BCUT2D eigenvalue weighted by Gasteiger charge is -2.25. The van der Waals surface area contributed by atoms with Crippen LogP contribution in [0.15, 0.2) is 29.2 Å². The average molecular weight is 451 g/mol. The van der Waals surface area contributed by atoms with Gasteiger partial charge >= 0.3 is 6.03 Å². The van der Waals surface area contributed by atoms with Gasteiger partial charge in [0.05, 0.1) is 4.90 Å². The predicted octanol–water partition coefficient (Wildman–Crippen LogP) is 2.30. The van der Waals surface area contributed by atoms with Crippen molar-refractivity contribution in [1.29, 1.82) is 0 Å². The minimum atomic E-state index is -3.61. The van der Waals surface area contributed by atoms with Crippen molar-refractivity contribution in [2.75, 3.05) is 25.0 Å². The first-order valence-electron chi connectivity index (χ1n) is 10.8. The molecule has 1 aromatic carbocycles. The molecule has 3 rings (SSSR count). The van der Waals surface area contributed by atoms with Gasteiger partial charge in [-0.05, 0) is 43.9 Å². The second-order valence-electron chi connectivity index (χ2n) is 8.09. The van der Waals surface area contributed by atoms with Crippen LogP contribution in [0.2, 0.25) is 0 Å². The highest BCUT2D eigenvalue weighted by atomic mass is 32.2. The van der Waals surface area contributed by atoms with E-state index in [0.29, 0.717) is 31.6 Å². The molecule has 0 saturated carbocycles. The van der Waals surface area contributed by atoms with E-state index in [1.54, 1.807) is 12.1 Å². The second kappa shape index (κ2) is 9.35. The first-order chi connectivity index (χ1) is 14.7. The molecule has 2 fully saturated rings. The van der Waals surface area contributed by atoms with E-state index in [1.807, 2.05) is 13.8 Å². The summed E-state index contributed by atoms with van der Waals surface area (Å²) in [6.07, 6.45) is 4.15. The number of carbonyl (C=O) groups excluding carboxylic acids is 3. The quantitative estimate of drug-likeness (QED) is 0.560. The van der Waals surface area contributed by atoms with Crippen molar-refractivity contribution in [1.82, 2.24) is 14.5 Å². The minimum Gasteiger partial charge on any atom is -0.324 e. The number of amides is 4. The smallest absolute Gasteiger partial charge is 0.324 e. The standard InChI is InChI=1S/C21H30N4O5S/c1-3-10-21(11-4-2)19(27)25(20(28)23-21)15-18(26)22-16-8-7-9-17(14-16)31(29,30)24-12-5-6-13-24/h7-9,14H,3-6,10-13,15H2,1-2H3,(H,22,26)(H,23,28). The summed E-state index contributed by atoms with van der Waals surface area (Å²) in [6, 6.07) is 5.44. The van der Waals surface area contributed by atoms with Crippen molar-refractivity contribution in [3.63, 3.8) is 0 Å². The third kappa shape index (κ3) is 4.74. The van der Waals surface area contributed by atoms with Crippen molar-refractivity contribution < 1.29 is 22.8 Å². The Morgan fingerprint density at radius 3 is 2.39 bits per heavy atom. The van der Waals surface area contributed by atoms with Gasteiger partial charge in [-0.3, -0.25) is 14.5 Å². The van der Waals surface area contributed by atoms with Crippen molar-refractivity contribution in [2.24, 2.45) is 0 Å². The molecule has 0 bridgehead atoms. The Kier molecular flexibility index (Phi) is 7.00. The summed E-state index contributed by atoms with van der Waals surface area (Å²) in [6.45, 7) is 4.43. The molecule has 31 heavy (non-hydrogen) atoms. The number of nitrogens with one attached hydrogen (secondary N) is 2. The Labute approximate surface area is 183 Å². The third-order valence-electron chi connectivity index (χ3n) is 5.72. The summed E-state index contributed by atoms with van der Waals surface area (Å²) in [5.41, 5.74) is -0.657. The van der Waals surface area contributed by atoms with Gasteiger partial charge in [0.25, 0.3) is 5.91 Å². The number of hydrogen-bond acceptors (Lipinski definition) is 5. The van der Waals surface area contributed by atoms with E-state index >= 15 is 0 Å². The molecule has 9 nitrogen and oxygen atoms in total. The lowest BCUT2D eigenvalue weighted by Crippen LogP contribution is -2.47. The van der Waals surface area contributed by atoms with E-state index in [9.17, 15) is 22.8 Å². The van der Waals surface area contributed by atoms with Crippen LogP contribution in [-0.4, -0.2) is 60.6 Å². The van der Waals surface area contributed by atoms with E-state index in [4.69, 9.17) is 0 Å². The first kappa shape index (κ1) is 23.2. The number of benzene rings is 1. The Morgan fingerprint density at radius 1 is 1.13 bits per heavy atom. The molecule has 2 aliphatic heterocycles. The lowest BCUT2D eigenvalue weighted by atomic mass is 9.88. The molecule has 1 aromatic rings. The molecular formula is C21H30N4O5S. The van der Waals surface area contributed by atoms with Crippen LogP contribution in [-0.2, 0) is 19.6 Å². The Balaban J connectivity index is 1.70. The maximum Gasteiger partial charge on any atom is 0.325 e. The van der Waals surface area contributed by atoms with Gasteiger partial charge in [0.1, 0.15) is 12.1 Å². The maximum atomic E-state index is 12.9. The summed E-state index contributed by atoms with van der Waals surface area (Å²) in [7, 11) is -3.61. The molecule has 0 aromatic heterocycles. The fraction of sp³-hybridized carbons (Fsp3) is 0.571. The van der Waals surface area contributed by atoms with Crippen LogP contribution in [0, 0.1) is 0 Å². The largest absolute Gasteiger partial charge is 0.325 e. The Hall–Kier alpha value is -2.46. The summed E-state index contributed by atoms with van der Waals surface area (Å²) >= 11 is 0. The number of sulfonamides is 1. The number of hydrogen-bond donors (Lipinski definition) is 2. The molecule has 10 heteroatoms. The summed E-state index contributed by atoms with van der Waals surface area (Å²) in [5, 5.41) is 5.38. The summed E-state index contributed by atoms with van der Waals surface area (Å²) < 4.78 is 26.9. The van der Waals surface area contributed by atoms with Crippen LogP contribution in [0.3, 0.4) is 0 Å². The topological polar surface area (TPSA) is 116 Å². The molecule has 2 saturated heterocycles. The zero-order valence-corrected chi connectivity index (χ0v) is 18.8. The van der Waals surface area contributed by atoms with E-state index < -0.39 is 34.0 Å². The predicted molar refractivity (Wildman–Crippen MR) is 116 cm³/mol. The highest BCUT2D eigenvalue weighted by Gasteiger charge is 2.50. The molecule has 2 aliphatic rings. The summed E-state index contributed by atoms with van der Waals surface area (Å²) in [5.74, 6) is -0.954. The molecule has 0 spiro atoms. The zero-order valence-electron chi connectivity index (χ0n) is 18.0. The van der Waals surface area contributed by atoms with Crippen LogP contribution < -0.4 is 10.6 Å². The van der Waals surface area contributed by atoms with Gasteiger partial charge < -0.3 is 10.6 Å². The molecule has 2 heterocycles. The van der Waals surface area contributed by atoms with E-state index in [-0.39, 0.29) is 10.8 Å². The average Bonchev–Trinajstić information content (AvgIpc) is 3.34. The molecule has 170 valence electrons. The van der Waals surface area contributed by atoms with Gasteiger partial charge in [0.2, 0.25) is 15.9 Å². The van der Waals surface area contributed by atoms with Gasteiger partial charge in [0.15, 0.2) is 0 Å². The van der Waals surface area contributed by atoms with Crippen molar-refractivity contribution >= 4 is 33.6 Å². The molecule has 0 aliphatic carbocycles. The normalized spacial score (nSPS) is 19.0. The SMILES string of the molecule is CCCC1(CCC)NC(=O)N(CC(=O)Nc2cccc(S(=O)(=O)N3CCCC3)c2)C1=O. The third-order valence-corrected chi connectivity index (χ3v) is 7.62. The molecule has 0 atom stereocenters. The monoisotopic (exact) mass is 450 g/mol. The number of carbonyl (C=O) groups is 3. The molecule has 2 N–H and O–H groups in total. The fourth-order valence-electron chi connectivity index (χ4n) is 4.29. The number of nitrogens with zero attached hydrogens (tertiary/aromatic N) is 2. The molecule has 0 radical (unpaired) electrons. The number of imide groups is 1.